The highest BCUT2D eigenvalue weighted by atomic mass is 16.4. The zero-order valence-electron chi connectivity index (χ0n) is 8.10. The SMILES string of the molecule is O=C1CN(C(C(=O)O)C2CC2)CC(=O)N1. The molecule has 2 aliphatic rings. The van der Waals surface area contributed by atoms with Gasteiger partial charge in [0.25, 0.3) is 0 Å². The van der Waals surface area contributed by atoms with Gasteiger partial charge in [-0.25, -0.2) is 0 Å². The number of carboxylic acid groups (broad SMARTS) is 1. The van der Waals surface area contributed by atoms with Crippen LogP contribution in [0.2, 0.25) is 0 Å². The molecule has 6 nitrogen and oxygen atoms in total. The minimum absolute atomic E-state index is 0.000787. The first kappa shape index (κ1) is 10.1. The van der Waals surface area contributed by atoms with Crippen molar-refractivity contribution in [2.45, 2.75) is 18.9 Å². The van der Waals surface area contributed by atoms with Crippen LogP contribution in [0, 0.1) is 5.92 Å². The van der Waals surface area contributed by atoms with Crippen LogP contribution in [-0.2, 0) is 14.4 Å². The Balaban J connectivity index is 2.09. The van der Waals surface area contributed by atoms with Gasteiger partial charge >= 0.3 is 5.97 Å². The number of carbonyl (C=O) groups is 3. The summed E-state index contributed by atoms with van der Waals surface area (Å²) in [6, 6.07) is -0.681. The van der Waals surface area contributed by atoms with Gasteiger partial charge in [0.1, 0.15) is 6.04 Å². The zero-order chi connectivity index (χ0) is 11.0. The van der Waals surface area contributed by atoms with Crippen LogP contribution in [0.4, 0.5) is 0 Å². The lowest BCUT2D eigenvalue weighted by Gasteiger charge is -2.30. The number of hydrogen-bond donors (Lipinski definition) is 2. The summed E-state index contributed by atoms with van der Waals surface area (Å²) in [4.78, 5) is 34.6. The van der Waals surface area contributed by atoms with Crippen LogP contribution in [0.3, 0.4) is 0 Å². The van der Waals surface area contributed by atoms with Gasteiger partial charge in [-0.05, 0) is 18.8 Å². The minimum Gasteiger partial charge on any atom is -0.480 e. The third-order valence-corrected chi connectivity index (χ3v) is 2.69. The molecule has 1 aliphatic heterocycles. The number of carbonyl (C=O) groups excluding carboxylic acids is 2. The fourth-order valence-electron chi connectivity index (χ4n) is 1.92. The topological polar surface area (TPSA) is 86.7 Å². The number of aliphatic carboxylic acids is 1. The first-order valence-electron chi connectivity index (χ1n) is 4.87. The Kier molecular flexibility index (Phi) is 2.44. The van der Waals surface area contributed by atoms with Crippen molar-refractivity contribution in [2.75, 3.05) is 13.1 Å². The number of amides is 2. The second-order valence-electron chi connectivity index (χ2n) is 4.00. The lowest BCUT2D eigenvalue weighted by molar-refractivity contribution is -0.147. The summed E-state index contributed by atoms with van der Waals surface area (Å²) in [7, 11) is 0. The van der Waals surface area contributed by atoms with E-state index in [1.54, 1.807) is 0 Å². The molecule has 1 heterocycles. The smallest absolute Gasteiger partial charge is 0.321 e. The molecular weight excluding hydrogens is 200 g/mol. The average Bonchev–Trinajstić information content (AvgIpc) is 2.85. The molecule has 2 fully saturated rings. The van der Waals surface area contributed by atoms with E-state index in [9.17, 15) is 14.4 Å². The fraction of sp³-hybridized carbons (Fsp3) is 0.667. The molecule has 0 bridgehead atoms. The molecular formula is C9H12N2O4. The number of rotatable bonds is 3. The lowest BCUT2D eigenvalue weighted by Crippen LogP contribution is -2.57. The standard InChI is InChI=1S/C9H12N2O4/c12-6-3-11(4-7(13)10-6)8(9(14)15)5-1-2-5/h5,8H,1-4H2,(H,14,15)(H,10,12,13). The van der Waals surface area contributed by atoms with E-state index in [2.05, 4.69) is 5.32 Å². The summed E-state index contributed by atoms with van der Waals surface area (Å²) in [5.41, 5.74) is 0. The summed E-state index contributed by atoms with van der Waals surface area (Å²) in [6.07, 6.45) is 1.73. The van der Waals surface area contributed by atoms with Crippen LogP contribution in [0.5, 0.6) is 0 Å². The Labute approximate surface area is 86.2 Å². The summed E-state index contributed by atoms with van der Waals surface area (Å²) in [6.45, 7) is -0.00157. The van der Waals surface area contributed by atoms with Crippen LogP contribution >= 0.6 is 0 Å². The first-order valence-corrected chi connectivity index (χ1v) is 4.87. The predicted molar refractivity (Wildman–Crippen MR) is 48.9 cm³/mol. The fourth-order valence-corrected chi connectivity index (χ4v) is 1.92. The quantitative estimate of drug-likeness (QED) is 0.574. The molecule has 0 aromatic rings. The van der Waals surface area contributed by atoms with E-state index in [-0.39, 0.29) is 19.0 Å². The van der Waals surface area contributed by atoms with Crippen molar-refractivity contribution >= 4 is 17.8 Å². The van der Waals surface area contributed by atoms with Gasteiger partial charge in [-0.1, -0.05) is 0 Å². The highest BCUT2D eigenvalue weighted by Gasteiger charge is 2.42. The molecule has 0 spiro atoms. The predicted octanol–water partition coefficient (Wildman–Crippen LogP) is -1.19. The molecule has 2 amide bonds. The van der Waals surface area contributed by atoms with Crippen molar-refractivity contribution < 1.29 is 19.5 Å². The molecule has 2 N–H and O–H groups in total. The molecule has 15 heavy (non-hydrogen) atoms. The number of hydrogen-bond acceptors (Lipinski definition) is 4. The van der Waals surface area contributed by atoms with E-state index in [4.69, 9.17) is 5.11 Å². The monoisotopic (exact) mass is 212 g/mol. The van der Waals surface area contributed by atoms with E-state index in [1.165, 1.54) is 4.90 Å². The number of piperazine rings is 1. The molecule has 0 aromatic carbocycles. The summed E-state index contributed by atoms with van der Waals surface area (Å²) >= 11 is 0. The molecule has 0 radical (unpaired) electrons. The highest BCUT2D eigenvalue weighted by molar-refractivity contribution is 5.99. The molecule has 82 valence electrons. The minimum atomic E-state index is -0.944. The second kappa shape index (κ2) is 3.62. The van der Waals surface area contributed by atoms with Gasteiger partial charge in [0.15, 0.2) is 0 Å². The summed E-state index contributed by atoms with van der Waals surface area (Å²) in [5.74, 6) is -1.68. The average molecular weight is 212 g/mol. The number of carboxylic acids is 1. The third-order valence-electron chi connectivity index (χ3n) is 2.69. The van der Waals surface area contributed by atoms with Crippen molar-refractivity contribution in [1.82, 2.24) is 10.2 Å². The van der Waals surface area contributed by atoms with Gasteiger partial charge in [0.05, 0.1) is 13.1 Å². The van der Waals surface area contributed by atoms with Crippen LogP contribution in [0.25, 0.3) is 0 Å². The Morgan fingerprint density at radius 2 is 1.87 bits per heavy atom. The second-order valence-corrected chi connectivity index (χ2v) is 4.00. The van der Waals surface area contributed by atoms with Crippen LogP contribution in [-0.4, -0.2) is 46.9 Å². The molecule has 2 rings (SSSR count). The Bertz CT molecular complexity index is 308. The summed E-state index contributed by atoms with van der Waals surface area (Å²) < 4.78 is 0. The normalized spacial score (nSPS) is 24.8. The van der Waals surface area contributed by atoms with Gasteiger partial charge in [-0.3, -0.25) is 24.6 Å². The molecule has 1 aliphatic carbocycles. The van der Waals surface area contributed by atoms with E-state index < -0.39 is 23.8 Å². The lowest BCUT2D eigenvalue weighted by atomic mass is 10.1. The van der Waals surface area contributed by atoms with E-state index in [0.29, 0.717) is 0 Å². The first-order chi connectivity index (χ1) is 7.08. The molecule has 1 atom stereocenters. The van der Waals surface area contributed by atoms with Crippen molar-refractivity contribution in [3.63, 3.8) is 0 Å². The number of nitrogens with one attached hydrogen (secondary N) is 1. The van der Waals surface area contributed by atoms with Crippen molar-refractivity contribution in [1.29, 1.82) is 0 Å². The summed E-state index contributed by atoms with van der Waals surface area (Å²) in [5, 5.41) is 11.2. The number of imide groups is 1. The molecule has 1 saturated carbocycles. The van der Waals surface area contributed by atoms with E-state index in [0.717, 1.165) is 12.8 Å². The molecule has 1 unspecified atom stereocenters. The van der Waals surface area contributed by atoms with Gasteiger partial charge < -0.3 is 5.11 Å². The Hall–Kier alpha value is -1.43. The van der Waals surface area contributed by atoms with Crippen molar-refractivity contribution in [2.24, 2.45) is 5.92 Å². The van der Waals surface area contributed by atoms with Gasteiger partial charge in [0.2, 0.25) is 11.8 Å². The maximum atomic E-state index is 11.1. The van der Waals surface area contributed by atoms with E-state index in [1.807, 2.05) is 0 Å². The van der Waals surface area contributed by atoms with E-state index >= 15 is 0 Å². The van der Waals surface area contributed by atoms with Crippen LogP contribution in [0.15, 0.2) is 0 Å². The zero-order valence-corrected chi connectivity index (χ0v) is 8.10. The van der Waals surface area contributed by atoms with Gasteiger partial charge in [-0.2, -0.15) is 0 Å². The van der Waals surface area contributed by atoms with Gasteiger partial charge in [-0.15, -0.1) is 0 Å². The Morgan fingerprint density at radius 1 is 1.33 bits per heavy atom. The third kappa shape index (κ3) is 2.15. The Morgan fingerprint density at radius 3 is 2.27 bits per heavy atom. The maximum Gasteiger partial charge on any atom is 0.321 e. The largest absolute Gasteiger partial charge is 0.480 e. The van der Waals surface area contributed by atoms with Crippen LogP contribution in [0.1, 0.15) is 12.8 Å². The van der Waals surface area contributed by atoms with Crippen LogP contribution < -0.4 is 5.32 Å². The molecule has 0 aromatic heterocycles. The van der Waals surface area contributed by atoms with Gasteiger partial charge in [0, 0.05) is 0 Å². The molecule has 1 saturated heterocycles. The highest BCUT2D eigenvalue weighted by Crippen LogP contribution is 2.35. The number of nitrogens with zero attached hydrogens (tertiary/aromatic N) is 1. The van der Waals surface area contributed by atoms with Crippen molar-refractivity contribution in [3.05, 3.63) is 0 Å². The maximum absolute atomic E-state index is 11.1. The van der Waals surface area contributed by atoms with Crippen molar-refractivity contribution in [3.8, 4) is 0 Å². The molecule has 6 heteroatoms.